The van der Waals surface area contributed by atoms with Gasteiger partial charge in [-0.15, -0.1) is 0 Å². The summed E-state index contributed by atoms with van der Waals surface area (Å²) in [5, 5.41) is 3.31. The molecule has 5 nitrogen and oxygen atoms in total. The predicted molar refractivity (Wildman–Crippen MR) is 85.5 cm³/mol. The first-order valence-electron chi connectivity index (χ1n) is 6.90. The van der Waals surface area contributed by atoms with Crippen molar-refractivity contribution < 1.29 is 0 Å². The molecule has 0 spiro atoms. The zero-order valence-corrected chi connectivity index (χ0v) is 12.7. The molecule has 0 aliphatic carbocycles. The van der Waals surface area contributed by atoms with E-state index < -0.39 is 0 Å². The lowest BCUT2D eigenvalue weighted by Gasteiger charge is -2.19. The highest BCUT2D eigenvalue weighted by atomic mass is 15.0. The summed E-state index contributed by atoms with van der Waals surface area (Å²) in [7, 11) is 0. The maximum absolute atomic E-state index is 5.89. The third-order valence-electron chi connectivity index (χ3n) is 3.06. The normalized spacial score (nSPS) is 13.0. The van der Waals surface area contributed by atoms with Gasteiger partial charge in [0, 0.05) is 19.1 Å². The second kappa shape index (κ2) is 7.26. The first-order valence-corrected chi connectivity index (χ1v) is 6.90. The van der Waals surface area contributed by atoms with Crippen LogP contribution in [0.15, 0.2) is 29.3 Å². The van der Waals surface area contributed by atoms with Crippen molar-refractivity contribution in [3.05, 3.63) is 35.4 Å². The summed E-state index contributed by atoms with van der Waals surface area (Å²) in [6.45, 7) is 8.55. The SMILES string of the molecule is CC(C)(C)c1ccc(CNCC(N)CN=C(N)N)cc1. The van der Waals surface area contributed by atoms with Gasteiger partial charge in [-0.25, -0.2) is 0 Å². The lowest BCUT2D eigenvalue weighted by Crippen LogP contribution is -2.37. The number of hydrogen-bond acceptors (Lipinski definition) is 3. The first-order chi connectivity index (χ1) is 9.29. The Labute approximate surface area is 121 Å². The number of hydrogen-bond donors (Lipinski definition) is 4. The molecule has 5 heteroatoms. The highest BCUT2D eigenvalue weighted by Gasteiger charge is 2.12. The fourth-order valence-electron chi connectivity index (χ4n) is 1.81. The van der Waals surface area contributed by atoms with Gasteiger partial charge < -0.3 is 22.5 Å². The summed E-state index contributed by atoms with van der Waals surface area (Å²) in [5.41, 5.74) is 19.2. The highest BCUT2D eigenvalue weighted by molar-refractivity contribution is 5.75. The fourth-order valence-corrected chi connectivity index (χ4v) is 1.81. The number of benzene rings is 1. The molecule has 20 heavy (non-hydrogen) atoms. The molecule has 0 aromatic heterocycles. The van der Waals surface area contributed by atoms with E-state index >= 15 is 0 Å². The molecule has 0 aliphatic rings. The molecule has 1 aromatic carbocycles. The van der Waals surface area contributed by atoms with Crippen molar-refractivity contribution in [3.63, 3.8) is 0 Å². The van der Waals surface area contributed by atoms with Crippen molar-refractivity contribution in [2.45, 2.75) is 38.8 Å². The van der Waals surface area contributed by atoms with Gasteiger partial charge in [0.05, 0.1) is 6.54 Å². The van der Waals surface area contributed by atoms with E-state index in [0.29, 0.717) is 13.1 Å². The molecule has 0 saturated heterocycles. The van der Waals surface area contributed by atoms with Crippen molar-refractivity contribution in [3.8, 4) is 0 Å². The Hall–Kier alpha value is -1.59. The van der Waals surface area contributed by atoms with Gasteiger partial charge in [-0.1, -0.05) is 45.0 Å². The molecule has 112 valence electrons. The number of guanidine groups is 1. The second-order valence-corrected chi connectivity index (χ2v) is 6.10. The Balaban J connectivity index is 2.37. The third-order valence-corrected chi connectivity index (χ3v) is 3.06. The fraction of sp³-hybridized carbons (Fsp3) is 0.533. The topological polar surface area (TPSA) is 102 Å². The monoisotopic (exact) mass is 277 g/mol. The van der Waals surface area contributed by atoms with Gasteiger partial charge in [0.25, 0.3) is 0 Å². The molecule has 7 N–H and O–H groups in total. The largest absolute Gasteiger partial charge is 0.370 e. The van der Waals surface area contributed by atoms with Crippen LogP contribution in [0.25, 0.3) is 0 Å². The smallest absolute Gasteiger partial charge is 0.185 e. The van der Waals surface area contributed by atoms with Crippen LogP contribution >= 0.6 is 0 Å². The number of nitrogens with one attached hydrogen (secondary N) is 1. The molecular weight excluding hydrogens is 250 g/mol. The average Bonchev–Trinajstić information content (AvgIpc) is 2.36. The minimum absolute atomic E-state index is 0.0778. The summed E-state index contributed by atoms with van der Waals surface area (Å²) in [4.78, 5) is 3.90. The molecule has 0 heterocycles. The quantitative estimate of drug-likeness (QED) is 0.453. The molecule has 0 fully saturated rings. The Kier molecular flexibility index (Phi) is 5.98. The molecule has 0 bridgehead atoms. The molecule has 0 aliphatic heterocycles. The molecule has 1 unspecified atom stereocenters. The van der Waals surface area contributed by atoms with E-state index in [-0.39, 0.29) is 17.4 Å². The zero-order chi connectivity index (χ0) is 15.2. The molecule has 1 aromatic rings. The van der Waals surface area contributed by atoms with Crippen LogP contribution in [0.2, 0.25) is 0 Å². The molecule has 0 saturated carbocycles. The summed E-state index contributed by atoms with van der Waals surface area (Å²) >= 11 is 0. The van der Waals surface area contributed by atoms with Crippen molar-refractivity contribution >= 4 is 5.96 Å². The van der Waals surface area contributed by atoms with E-state index in [0.717, 1.165) is 6.54 Å². The summed E-state index contributed by atoms with van der Waals surface area (Å²) < 4.78 is 0. The van der Waals surface area contributed by atoms with Crippen LogP contribution in [-0.4, -0.2) is 25.1 Å². The number of rotatable bonds is 6. The Morgan fingerprint density at radius 1 is 1.20 bits per heavy atom. The molecule has 0 amide bonds. The van der Waals surface area contributed by atoms with Gasteiger partial charge in [-0.3, -0.25) is 4.99 Å². The third kappa shape index (κ3) is 6.04. The molecule has 1 atom stereocenters. The minimum atomic E-state index is -0.0778. The predicted octanol–water partition coefficient (Wildman–Crippen LogP) is 0.674. The van der Waals surface area contributed by atoms with Crippen molar-refractivity contribution in [2.75, 3.05) is 13.1 Å². The van der Waals surface area contributed by atoms with E-state index in [1.54, 1.807) is 0 Å². The van der Waals surface area contributed by atoms with E-state index in [2.05, 4.69) is 55.3 Å². The average molecular weight is 277 g/mol. The van der Waals surface area contributed by atoms with Gasteiger partial charge in [0.15, 0.2) is 5.96 Å². The van der Waals surface area contributed by atoms with Crippen LogP contribution in [0.1, 0.15) is 31.9 Å². The molecular formula is C15H27N5. The Morgan fingerprint density at radius 2 is 1.80 bits per heavy atom. The summed E-state index contributed by atoms with van der Waals surface area (Å²) in [6, 6.07) is 8.57. The van der Waals surface area contributed by atoms with Crippen molar-refractivity contribution in [1.82, 2.24) is 5.32 Å². The number of nitrogens with two attached hydrogens (primary N) is 3. The van der Waals surface area contributed by atoms with Gasteiger partial charge in [0.1, 0.15) is 0 Å². The van der Waals surface area contributed by atoms with Crippen LogP contribution < -0.4 is 22.5 Å². The van der Waals surface area contributed by atoms with Crippen LogP contribution in [-0.2, 0) is 12.0 Å². The first kappa shape index (κ1) is 16.5. The standard InChI is InChI=1S/C15H27N5/c1-15(2,3)12-6-4-11(5-7-12)8-19-9-13(16)10-20-14(17)18/h4-7,13,19H,8-10,16H2,1-3H3,(H4,17,18,20). The summed E-state index contributed by atoms with van der Waals surface area (Å²) in [5.74, 6) is 0.0817. The molecule has 0 radical (unpaired) electrons. The number of aliphatic imine (C=N–C) groups is 1. The summed E-state index contributed by atoms with van der Waals surface area (Å²) in [6.07, 6.45) is 0. The lowest BCUT2D eigenvalue weighted by molar-refractivity contribution is 0.579. The van der Waals surface area contributed by atoms with Crippen molar-refractivity contribution in [2.24, 2.45) is 22.2 Å². The highest BCUT2D eigenvalue weighted by Crippen LogP contribution is 2.22. The van der Waals surface area contributed by atoms with Crippen LogP contribution in [0.4, 0.5) is 0 Å². The lowest BCUT2D eigenvalue weighted by atomic mass is 9.87. The van der Waals surface area contributed by atoms with Crippen LogP contribution in [0.3, 0.4) is 0 Å². The van der Waals surface area contributed by atoms with Crippen LogP contribution in [0, 0.1) is 0 Å². The van der Waals surface area contributed by atoms with Gasteiger partial charge in [-0.2, -0.15) is 0 Å². The van der Waals surface area contributed by atoms with E-state index in [1.165, 1.54) is 11.1 Å². The van der Waals surface area contributed by atoms with Gasteiger partial charge in [0.2, 0.25) is 0 Å². The minimum Gasteiger partial charge on any atom is -0.370 e. The van der Waals surface area contributed by atoms with Gasteiger partial charge >= 0.3 is 0 Å². The van der Waals surface area contributed by atoms with Gasteiger partial charge in [-0.05, 0) is 16.5 Å². The van der Waals surface area contributed by atoms with E-state index in [4.69, 9.17) is 17.2 Å². The van der Waals surface area contributed by atoms with Crippen LogP contribution in [0.5, 0.6) is 0 Å². The zero-order valence-electron chi connectivity index (χ0n) is 12.7. The van der Waals surface area contributed by atoms with E-state index in [9.17, 15) is 0 Å². The Bertz CT molecular complexity index is 427. The van der Waals surface area contributed by atoms with Crippen molar-refractivity contribution in [1.29, 1.82) is 0 Å². The maximum Gasteiger partial charge on any atom is 0.185 e. The number of nitrogens with zero attached hydrogens (tertiary/aromatic N) is 1. The Morgan fingerprint density at radius 3 is 2.30 bits per heavy atom. The second-order valence-electron chi connectivity index (χ2n) is 6.10. The van der Waals surface area contributed by atoms with E-state index in [1.807, 2.05) is 0 Å². The maximum atomic E-state index is 5.89. The molecule has 1 rings (SSSR count).